The number of anilines is 1. The molecular formula is C22H15N5O2. The van der Waals surface area contributed by atoms with Crippen LogP contribution in [-0.2, 0) is 0 Å². The number of nitrogens with one attached hydrogen (secondary N) is 1. The van der Waals surface area contributed by atoms with E-state index in [0.717, 1.165) is 22.4 Å². The predicted octanol–water partition coefficient (Wildman–Crippen LogP) is 3.43. The molecule has 140 valence electrons. The zero-order chi connectivity index (χ0) is 20.0. The van der Waals surface area contributed by atoms with E-state index in [0.29, 0.717) is 22.4 Å². The first kappa shape index (κ1) is 17.0. The molecule has 0 saturated carbocycles. The number of aromatic nitrogens is 4. The first-order valence-electron chi connectivity index (χ1n) is 9.05. The van der Waals surface area contributed by atoms with Gasteiger partial charge in [0.2, 0.25) is 0 Å². The molecule has 1 aliphatic rings. The first-order chi connectivity index (χ1) is 14.1. The van der Waals surface area contributed by atoms with Gasteiger partial charge in [-0.05, 0) is 64.4 Å². The molecule has 0 radical (unpaired) electrons. The lowest BCUT2D eigenvalue weighted by molar-refractivity contribution is 0.102. The van der Waals surface area contributed by atoms with E-state index in [1.807, 2.05) is 49.4 Å². The number of amides is 1. The first-order valence-corrected chi connectivity index (χ1v) is 9.05. The van der Waals surface area contributed by atoms with E-state index in [1.54, 1.807) is 22.9 Å². The molecule has 0 spiro atoms. The zero-order valence-electron chi connectivity index (χ0n) is 15.5. The number of fused-ring (bicyclic) bond motifs is 3. The molecule has 0 bridgehead atoms. The van der Waals surface area contributed by atoms with Crippen LogP contribution in [0.3, 0.4) is 0 Å². The monoisotopic (exact) mass is 381 g/mol. The Morgan fingerprint density at radius 3 is 2.48 bits per heavy atom. The van der Waals surface area contributed by atoms with Gasteiger partial charge in [-0.2, -0.15) is 0 Å². The number of carbonyl (C=O) groups excluding carboxylic acids is 2. The molecule has 1 aliphatic carbocycles. The summed E-state index contributed by atoms with van der Waals surface area (Å²) in [5, 5.41) is 14.0. The molecule has 0 unspecified atom stereocenters. The van der Waals surface area contributed by atoms with Crippen LogP contribution in [0.15, 0.2) is 67.0 Å². The number of carbonyl (C=O) groups is 2. The van der Waals surface area contributed by atoms with Crippen LogP contribution in [0.1, 0.15) is 31.8 Å². The van der Waals surface area contributed by atoms with Crippen molar-refractivity contribution in [2.24, 2.45) is 0 Å². The number of tetrazole rings is 1. The van der Waals surface area contributed by atoms with Gasteiger partial charge in [0.25, 0.3) is 5.91 Å². The maximum atomic E-state index is 12.8. The standard InChI is InChI=1S/C22H15N5O2/c1-13-10-15(7-9-20(13)27-12-23-25-26-27)24-22(29)14-6-8-17-16-4-2-3-5-18(16)21(28)19(17)11-14/h2-12H,1H3,(H,24,29). The third kappa shape index (κ3) is 2.80. The minimum absolute atomic E-state index is 0.0492. The molecule has 0 fully saturated rings. The van der Waals surface area contributed by atoms with Crippen LogP contribution in [0, 0.1) is 6.92 Å². The van der Waals surface area contributed by atoms with Crippen LogP contribution in [0.25, 0.3) is 16.8 Å². The van der Waals surface area contributed by atoms with Gasteiger partial charge in [0.15, 0.2) is 5.78 Å². The summed E-state index contributed by atoms with van der Waals surface area (Å²) in [5.41, 5.74) is 5.84. The molecule has 7 heteroatoms. The van der Waals surface area contributed by atoms with Crippen molar-refractivity contribution < 1.29 is 9.59 Å². The molecular weight excluding hydrogens is 366 g/mol. The Labute approximate surface area is 166 Å². The smallest absolute Gasteiger partial charge is 0.255 e. The number of aryl methyl sites for hydroxylation is 1. The van der Waals surface area contributed by atoms with E-state index < -0.39 is 0 Å². The molecule has 1 heterocycles. The summed E-state index contributed by atoms with van der Waals surface area (Å²) >= 11 is 0. The van der Waals surface area contributed by atoms with Crippen LogP contribution in [-0.4, -0.2) is 31.9 Å². The van der Waals surface area contributed by atoms with Gasteiger partial charge in [-0.15, -0.1) is 5.10 Å². The SMILES string of the molecule is Cc1cc(NC(=O)c2ccc3c(c2)C(=O)c2ccccc2-3)ccc1-n1cnnn1. The van der Waals surface area contributed by atoms with Gasteiger partial charge in [-0.1, -0.05) is 30.3 Å². The topological polar surface area (TPSA) is 89.8 Å². The fraction of sp³-hybridized carbons (Fsp3) is 0.0455. The maximum Gasteiger partial charge on any atom is 0.255 e. The average Bonchev–Trinajstić information content (AvgIpc) is 3.36. The lowest BCUT2D eigenvalue weighted by Gasteiger charge is -2.10. The Morgan fingerprint density at radius 2 is 1.72 bits per heavy atom. The quantitative estimate of drug-likeness (QED) is 0.517. The Hall–Kier alpha value is -4.13. The molecule has 1 aromatic heterocycles. The number of ketones is 1. The molecule has 5 rings (SSSR count). The van der Waals surface area contributed by atoms with E-state index >= 15 is 0 Å². The second-order valence-electron chi connectivity index (χ2n) is 6.84. The Bertz CT molecular complexity index is 1280. The van der Waals surface area contributed by atoms with Crippen molar-refractivity contribution in [3.8, 4) is 16.8 Å². The summed E-state index contributed by atoms with van der Waals surface area (Å²) in [6.07, 6.45) is 1.51. The van der Waals surface area contributed by atoms with Gasteiger partial charge in [-0.3, -0.25) is 9.59 Å². The Kier molecular flexibility index (Phi) is 3.80. The second kappa shape index (κ2) is 6.49. The van der Waals surface area contributed by atoms with E-state index in [4.69, 9.17) is 0 Å². The highest BCUT2D eigenvalue weighted by Crippen LogP contribution is 2.36. The van der Waals surface area contributed by atoms with Gasteiger partial charge in [-0.25, -0.2) is 4.68 Å². The van der Waals surface area contributed by atoms with Crippen molar-refractivity contribution in [1.82, 2.24) is 20.2 Å². The summed E-state index contributed by atoms with van der Waals surface area (Å²) < 4.78 is 1.56. The number of nitrogens with zero attached hydrogens (tertiary/aromatic N) is 4. The minimum atomic E-state index is -0.272. The number of benzene rings is 3. The minimum Gasteiger partial charge on any atom is -0.322 e. The van der Waals surface area contributed by atoms with Crippen LogP contribution in [0.2, 0.25) is 0 Å². The molecule has 0 saturated heterocycles. The van der Waals surface area contributed by atoms with Crippen LogP contribution in [0.4, 0.5) is 5.69 Å². The molecule has 29 heavy (non-hydrogen) atoms. The molecule has 1 N–H and O–H groups in total. The fourth-order valence-corrected chi connectivity index (χ4v) is 3.63. The highest BCUT2D eigenvalue weighted by molar-refractivity contribution is 6.22. The summed E-state index contributed by atoms with van der Waals surface area (Å²) in [4.78, 5) is 25.4. The third-order valence-corrected chi connectivity index (χ3v) is 5.04. The summed E-state index contributed by atoms with van der Waals surface area (Å²) in [5.74, 6) is -0.321. The molecule has 0 aliphatic heterocycles. The van der Waals surface area contributed by atoms with Gasteiger partial charge in [0.05, 0.1) is 5.69 Å². The second-order valence-corrected chi connectivity index (χ2v) is 6.84. The van der Waals surface area contributed by atoms with Gasteiger partial charge < -0.3 is 5.32 Å². The van der Waals surface area contributed by atoms with E-state index in [9.17, 15) is 9.59 Å². The van der Waals surface area contributed by atoms with Gasteiger partial charge in [0.1, 0.15) is 6.33 Å². The Morgan fingerprint density at radius 1 is 0.931 bits per heavy atom. The van der Waals surface area contributed by atoms with Crippen molar-refractivity contribution >= 4 is 17.4 Å². The maximum absolute atomic E-state index is 12.8. The van der Waals surface area contributed by atoms with Crippen LogP contribution in [0.5, 0.6) is 0 Å². The van der Waals surface area contributed by atoms with Crippen molar-refractivity contribution in [3.63, 3.8) is 0 Å². The van der Waals surface area contributed by atoms with E-state index in [1.165, 1.54) is 6.33 Å². The largest absolute Gasteiger partial charge is 0.322 e. The van der Waals surface area contributed by atoms with E-state index in [2.05, 4.69) is 20.8 Å². The molecule has 7 nitrogen and oxygen atoms in total. The van der Waals surface area contributed by atoms with Crippen molar-refractivity contribution in [3.05, 3.63) is 89.2 Å². The molecule has 4 aromatic rings. The van der Waals surface area contributed by atoms with Gasteiger partial charge >= 0.3 is 0 Å². The molecule has 1 amide bonds. The van der Waals surface area contributed by atoms with Crippen molar-refractivity contribution in [1.29, 1.82) is 0 Å². The summed E-state index contributed by atoms with van der Waals surface area (Å²) in [6, 6.07) is 18.2. The average molecular weight is 381 g/mol. The lowest BCUT2D eigenvalue weighted by Crippen LogP contribution is -2.13. The van der Waals surface area contributed by atoms with Crippen LogP contribution < -0.4 is 5.32 Å². The van der Waals surface area contributed by atoms with Gasteiger partial charge in [0, 0.05) is 22.4 Å². The molecule has 3 aromatic carbocycles. The summed E-state index contributed by atoms with van der Waals surface area (Å²) in [6.45, 7) is 1.91. The van der Waals surface area contributed by atoms with Crippen molar-refractivity contribution in [2.75, 3.05) is 5.32 Å². The normalized spacial score (nSPS) is 11.8. The highest BCUT2D eigenvalue weighted by atomic mass is 16.1. The number of rotatable bonds is 3. The fourth-order valence-electron chi connectivity index (χ4n) is 3.63. The van der Waals surface area contributed by atoms with Crippen LogP contribution >= 0.6 is 0 Å². The van der Waals surface area contributed by atoms with Crippen molar-refractivity contribution in [2.45, 2.75) is 6.92 Å². The number of hydrogen-bond acceptors (Lipinski definition) is 5. The lowest BCUT2D eigenvalue weighted by atomic mass is 10.0. The molecule has 0 atom stereocenters. The zero-order valence-corrected chi connectivity index (χ0v) is 15.5. The number of hydrogen-bond donors (Lipinski definition) is 1. The summed E-state index contributed by atoms with van der Waals surface area (Å²) in [7, 11) is 0. The Balaban J connectivity index is 1.41. The predicted molar refractivity (Wildman–Crippen MR) is 107 cm³/mol. The third-order valence-electron chi connectivity index (χ3n) is 5.04. The van der Waals surface area contributed by atoms with E-state index in [-0.39, 0.29) is 11.7 Å². The highest BCUT2D eigenvalue weighted by Gasteiger charge is 2.27.